The first-order chi connectivity index (χ1) is 16.3. The van der Waals surface area contributed by atoms with Crippen LogP contribution in [0.5, 0.6) is 0 Å². The number of oxime groups is 1. The lowest BCUT2D eigenvalue weighted by Crippen LogP contribution is -2.59. The van der Waals surface area contributed by atoms with Gasteiger partial charge in [0.25, 0.3) is 5.60 Å². The molecule has 35 heavy (non-hydrogen) atoms. The summed E-state index contributed by atoms with van der Waals surface area (Å²) in [6, 6.07) is 7.24. The van der Waals surface area contributed by atoms with Crippen molar-refractivity contribution in [3.8, 4) is 0 Å². The number of hydrogen-bond donors (Lipinski definition) is 1. The van der Waals surface area contributed by atoms with Crippen LogP contribution >= 0.6 is 23.2 Å². The zero-order valence-corrected chi connectivity index (χ0v) is 19.7. The van der Waals surface area contributed by atoms with Gasteiger partial charge in [0.15, 0.2) is 11.5 Å². The number of rotatable bonds is 5. The molecule has 0 aromatic heterocycles. The predicted octanol–water partition coefficient (Wildman–Crippen LogP) is 5.49. The van der Waals surface area contributed by atoms with Crippen molar-refractivity contribution in [1.29, 1.82) is 0 Å². The second-order valence-electron chi connectivity index (χ2n) is 8.73. The maximum atomic E-state index is 15.2. The highest BCUT2D eigenvalue weighted by molar-refractivity contribution is 6.35. The van der Waals surface area contributed by atoms with Gasteiger partial charge < -0.3 is 14.8 Å². The van der Waals surface area contributed by atoms with Crippen LogP contribution in [0, 0.1) is 5.82 Å². The van der Waals surface area contributed by atoms with E-state index < -0.39 is 51.4 Å². The molecule has 2 aliphatic rings. The third-order valence-corrected chi connectivity index (χ3v) is 6.63. The molecule has 2 aromatic rings. The highest BCUT2D eigenvalue weighted by Crippen LogP contribution is 2.50. The van der Waals surface area contributed by atoms with Crippen LogP contribution in [0.25, 0.3) is 0 Å². The molecule has 0 aliphatic carbocycles. The van der Waals surface area contributed by atoms with Crippen LogP contribution < -0.4 is 0 Å². The molecule has 0 saturated carbocycles. The number of alkyl halides is 4. The number of carbonyl (C=O) groups is 1. The Bertz CT molecular complexity index is 1160. The molecule has 0 radical (unpaired) electrons. The molecule has 1 N–H and O–H groups in total. The van der Waals surface area contributed by atoms with Crippen molar-refractivity contribution in [2.45, 2.75) is 43.3 Å². The van der Waals surface area contributed by atoms with Crippen LogP contribution in [-0.2, 0) is 20.9 Å². The van der Waals surface area contributed by atoms with Crippen LogP contribution in [0.2, 0.25) is 10.0 Å². The maximum Gasteiger partial charge on any atom is 0.435 e. The Hall–Kier alpha value is -2.43. The van der Waals surface area contributed by atoms with Crippen molar-refractivity contribution in [3.05, 3.63) is 69.0 Å². The lowest BCUT2D eigenvalue weighted by atomic mass is 9.84. The van der Waals surface area contributed by atoms with E-state index in [1.807, 2.05) is 0 Å². The average Bonchev–Trinajstić information content (AvgIpc) is 3.21. The minimum Gasteiger partial charge on any atom is -0.393 e. The van der Waals surface area contributed by atoms with Gasteiger partial charge in [-0.3, -0.25) is 4.79 Å². The molecule has 1 fully saturated rings. The number of aliphatic hydroxyl groups is 1. The normalized spacial score (nSPS) is 22.3. The van der Waals surface area contributed by atoms with Gasteiger partial charge in [0.1, 0.15) is 0 Å². The second-order valence-corrected chi connectivity index (χ2v) is 9.54. The molecule has 0 spiro atoms. The number of hydrogen-bond acceptors (Lipinski definition) is 4. The largest absolute Gasteiger partial charge is 0.435 e. The monoisotopic (exact) mass is 536 g/mol. The average molecular weight is 537 g/mol. The molecule has 4 rings (SSSR count). The summed E-state index contributed by atoms with van der Waals surface area (Å²) in [4.78, 5) is 18.1. The molecule has 5 nitrogen and oxygen atoms in total. The third-order valence-electron chi connectivity index (χ3n) is 6.08. The Kier molecular flexibility index (Phi) is 6.53. The minimum absolute atomic E-state index is 0.0549. The van der Waals surface area contributed by atoms with Gasteiger partial charge in [-0.1, -0.05) is 52.6 Å². The zero-order valence-electron chi connectivity index (χ0n) is 18.2. The lowest BCUT2D eigenvalue weighted by molar-refractivity contribution is -0.275. The van der Waals surface area contributed by atoms with E-state index in [9.17, 15) is 27.5 Å². The van der Waals surface area contributed by atoms with E-state index in [2.05, 4.69) is 5.16 Å². The molecular weight excluding hydrogens is 518 g/mol. The van der Waals surface area contributed by atoms with Crippen molar-refractivity contribution in [3.63, 3.8) is 0 Å². The van der Waals surface area contributed by atoms with Crippen LogP contribution in [0.15, 0.2) is 41.6 Å². The van der Waals surface area contributed by atoms with E-state index in [0.717, 1.165) is 12.1 Å². The Morgan fingerprint density at radius 1 is 1.17 bits per heavy atom. The SMILES string of the molecule is C[C@H](O)CC(=O)N1CC(F)(c2ccc(C3=NOC(c4cc(Cl)c(F)c(Cl)c4)(C(F)(F)F)C3)cc2)C1. The second kappa shape index (κ2) is 8.90. The Morgan fingerprint density at radius 3 is 2.26 bits per heavy atom. The molecule has 0 bridgehead atoms. The van der Waals surface area contributed by atoms with E-state index in [1.54, 1.807) is 0 Å². The number of carbonyl (C=O) groups excluding carboxylic acids is 1. The smallest absolute Gasteiger partial charge is 0.393 e. The summed E-state index contributed by atoms with van der Waals surface area (Å²) in [6.45, 7) is 1.08. The summed E-state index contributed by atoms with van der Waals surface area (Å²) in [5, 5.41) is 11.7. The summed E-state index contributed by atoms with van der Waals surface area (Å²) in [7, 11) is 0. The van der Waals surface area contributed by atoms with Crippen LogP contribution in [0.3, 0.4) is 0 Å². The summed E-state index contributed by atoms with van der Waals surface area (Å²) in [5.74, 6) is -1.42. The van der Waals surface area contributed by atoms with Gasteiger partial charge in [0, 0.05) is 12.0 Å². The van der Waals surface area contributed by atoms with E-state index >= 15 is 4.39 Å². The topological polar surface area (TPSA) is 62.1 Å². The molecule has 2 aliphatic heterocycles. The summed E-state index contributed by atoms with van der Waals surface area (Å²) in [6.07, 6.45) is -6.63. The first-order valence-electron chi connectivity index (χ1n) is 10.5. The fourth-order valence-corrected chi connectivity index (χ4v) is 4.60. The van der Waals surface area contributed by atoms with Crippen molar-refractivity contribution in [1.82, 2.24) is 4.90 Å². The van der Waals surface area contributed by atoms with E-state index in [0.29, 0.717) is 0 Å². The molecule has 2 aromatic carbocycles. The van der Waals surface area contributed by atoms with Gasteiger partial charge in [0.2, 0.25) is 5.91 Å². The predicted molar refractivity (Wildman–Crippen MR) is 118 cm³/mol. The van der Waals surface area contributed by atoms with Gasteiger partial charge in [-0.05, 0) is 30.2 Å². The first kappa shape index (κ1) is 25.7. The van der Waals surface area contributed by atoms with Gasteiger partial charge in [-0.15, -0.1) is 0 Å². The quantitative estimate of drug-likeness (QED) is 0.406. The fourth-order valence-electron chi connectivity index (χ4n) is 4.11. The number of aliphatic hydroxyl groups excluding tert-OH is 1. The van der Waals surface area contributed by atoms with E-state index in [1.165, 1.54) is 36.1 Å². The molecule has 1 saturated heterocycles. The zero-order chi connectivity index (χ0) is 25.8. The van der Waals surface area contributed by atoms with E-state index in [4.69, 9.17) is 28.0 Å². The number of benzene rings is 2. The summed E-state index contributed by atoms with van der Waals surface area (Å²) >= 11 is 11.4. The fraction of sp³-hybridized carbons (Fsp3) is 0.391. The van der Waals surface area contributed by atoms with E-state index in [-0.39, 0.29) is 42.3 Å². The number of halogens is 7. The third kappa shape index (κ3) is 4.59. The molecule has 2 heterocycles. The Labute approximate surface area is 207 Å². The minimum atomic E-state index is -4.94. The standard InChI is InChI=1S/C23H19Cl2F5N2O3/c1-12(33)6-19(34)32-10-21(27,11-32)14-4-2-13(3-5-14)18-9-22(35-31-18,23(28,29)30)15-7-16(24)20(26)17(25)8-15/h2-5,7-8,12,33H,6,9-11H2,1H3/t12-,22?/m0/s1. The summed E-state index contributed by atoms with van der Waals surface area (Å²) in [5.41, 5.74) is -4.78. The highest BCUT2D eigenvalue weighted by Gasteiger charge is 2.62. The molecule has 1 amide bonds. The number of amides is 1. The van der Waals surface area contributed by atoms with Crippen molar-refractivity contribution in [2.24, 2.45) is 5.16 Å². The van der Waals surface area contributed by atoms with Crippen molar-refractivity contribution in [2.75, 3.05) is 13.1 Å². The van der Waals surface area contributed by atoms with Crippen molar-refractivity contribution < 1.29 is 36.7 Å². The Balaban J connectivity index is 1.53. The molecule has 1 unspecified atom stereocenters. The van der Waals surface area contributed by atoms with Crippen LogP contribution in [-0.4, -0.2) is 47.0 Å². The van der Waals surface area contributed by atoms with Crippen LogP contribution in [0.1, 0.15) is 36.5 Å². The molecule has 188 valence electrons. The lowest BCUT2D eigenvalue weighted by Gasteiger charge is -2.45. The van der Waals surface area contributed by atoms with Gasteiger partial charge in [-0.2, -0.15) is 13.2 Å². The molecular formula is C23H19Cl2F5N2O3. The molecule has 2 atom stereocenters. The summed E-state index contributed by atoms with van der Waals surface area (Å²) < 4.78 is 71.4. The van der Waals surface area contributed by atoms with Gasteiger partial charge >= 0.3 is 6.18 Å². The van der Waals surface area contributed by atoms with Gasteiger partial charge in [0.05, 0.1) is 41.4 Å². The first-order valence-corrected chi connectivity index (χ1v) is 11.2. The highest BCUT2D eigenvalue weighted by atomic mass is 35.5. The molecule has 12 heteroatoms. The van der Waals surface area contributed by atoms with Crippen LogP contribution in [0.4, 0.5) is 22.0 Å². The van der Waals surface area contributed by atoms with Gasteiger partial charge in [-0.25, -0.2) is 8.78 Å². The maximum absolute atomic E-state index is 15.2. The Morgan fingerprint density at radius 2 is 1.74 bits per heavy atom. The van der Waals surface area contributed by atoms with Crippen molar-refractivity contribution >= 4 is 34.8 Å². The number of likely N-dealkylation sites (tertiary alicyclic amines) is 1. The number of nitrogens with zero attached hydrogens (tertiary/aromatic N) is 2.